The third-order valence-corrected chi connectivity index (χ3v) is 7.34. The van der Waals surface area contributed by atoms with E-state index in [4.69, 9.17) is 4.74 Å². The summed E-state index contributed by atoms with van der Waals surface area (Å²) in [5.41, 5.74) is 2.60. The number of phenolic OH excluding ortho intramolecular Hbond substituents is 1. The lowest BCUT2D eigenvalue weighted by atomic mass is 9.89. The summed E-state index contributed by atoms with van der Waals surface area (Å²) in [6, 6.07) is 7.98. The first-order valence-electron chi connectivity index (χ1n) is 10.0. The van der Waals surface area contributed by atoms with Crippen molar-refractivity contribution in [2.45, 2.75) is 57.2 Å². The number of aromatic hydroxyl groups is 1. The summed E-state index contributed by atoms with van der Waals surface area (Å²) < 4.78 is 7.95. The van der Waals surface area contributed by atoms with Crippen LogP contribution in [0, 0.1) is 6.92 Å². The Morgan fingerprint density at radius 2 is 2.14 bits per heavy atom. The van der Waals surface area contributed by atoms with Crippen LogP contribution in [0.1, 0.15) is 38.3 Å². The Kier molecular flexibility index (Phi) is 4.36. The van der Waals surface area contributed by atoms with Crippen molar-refractivity contribution < 1.29 is 9.84 Å². The zero-order valence-corrected chi connectivity index (χ0v) is 17.7. The number of aryl methyl sites for hydroxylation is 1. The maximum Gasteiger partial charge on any atom is 0.294 e. The molecule has 152 valence electrons. The van der Waals surface area contributed by atoms with E-state index in [-0.39, 0.29) is 17.4 Å². The molecule has 8 heteroatoms. The first-order chi connectivity index (χ1) is 13.9. The fourth-order valence-electron chi connectivity index (χ4n) is 4.69. The van der Waals surface area contributed by atoms with Crippen LogP contribution in [0.5, 0.6) is 10.9 Å². The SMILES string of the molecule is Cc1ccn(-c2ccc(-c3nnc(OC4CC5CCC(C)(C4)N5C)s3)c(O)c2)n1. The second-order valence-corrected chi connectivity index (χ2v) is 9.40. The normalized spacial score (nSPS) is 26.7. The molecule has 4 heterocycles. The van der Waals surface area contributed by atoms with E-state index in [0.29, 0.717) is 21.8 Å². The molecule has 2 aliphatic rings. The molecule has 0 amide bonds. The molecular formula is C21H25N5O2S. The molecule has 1 N–H and O–H groups in total. The van der Waals surface area contributed by atoms with Gasteiger partial charge in [-0.15, -0.1) is 5.10 Å². The molecule has 0 saturated carbocycles. The van der Waals surface area contributed by atoms with E-state index in [9.17, 15) is 5.11 Å². The lowest BCUT2D eigenvalue weighted by Gasteiger charge is -2.43. The second kappa shape index (κ2) is 6.81. The standard InChI is InChI=1S/C21H25N5O2S/c1-13-7-9-26(24-13)15-4-5-17(18(27)11-15)19-22-23-20(29-19)28-16-10-14-6-8-21(2,12-16)25(14)3/h4-5,7,9,11,14,16,27H,6,8,10,12H2,1-3H3. The Hall–Kier alpha value is -2.45. The smallest absolute Gasteiger partial charge is 0.294 e. The number of aromatic nitrogens is 4. The average molecular weight is 412 g/mol. The first kappa shape index (κ1) is 18.6. The van der Waals surface area contributed by atoms with Crippen molar-refractivity contribution >= 4 is 11.3 Å². The van der Waals surface area contributed by atoms with Crippen LogP contribution in [-0.2, 0) is 0 Å². The lowest BCUT2D eigenvalue weighted by molar-refractivity contribution is 0.0176. The van der Waals surface area contributed by atoms with Crippen molar-refractivity contribution in [3.8, 4) is 27.2 Å². The van der Waals surface area contributed by atoms with Gasteiger partial charge in [0.05, 0.1) is 16.9 Å². The predicted octanol–water partition coefficient (Wildman–Crippen LogP) is 3.80. The van der Waals surface area contributed by atoms with E-state index in [1.807, 2.05) is 31.3 Å². The molecule has 3 atom stereocenters. The minimum Gasteiger partial charge on any atom is -0.507 e. The quantitative estimate of drug-likeness (QED) is 0.704. The Labute approximate surface area is 174 Å². The van der Waals surface area contributed by atoms with Crippen LogP contribution in [0.4, 0.5) is 0 Å². The highest BCUT2D eigenvalue weighted by atomic mass is 32.1. The zero-order valence-electron chi connectivity index (χ0n) is 16.9. The monoisotopic (exact) mass is 411 g/mol. The maximum absolute atomic E-state index is 10.5. The topological polar surface area (TPSA) is 76.3 Å². The fraction of sp³-hybridized carbons (Fsp3) is 0.476. The largest absolute Gasteiger partial charge is 0.507 e. The number of piperidine rings is 1. The van der Waals surface area contributed by atoms with Crippen molar-refractivity contribution in [1.29, 1.82) is 0 Å². The highest BCUT2D eigenvalue weighted by molar-refractivity contribution is 7.16. The van der Waals surface area contributed by atoms with E-state index >= 15 is 0 Å². The minimum absolute atomic E-state index is 0.156. The molecule has 2 aromatic heterocycles. The number of fused-ring (bicyclic) bond motifs is 2. The second-order valence-electron chi connectivity index (χ2n) is 8.46. The van der Waals surface area contributed by atoms with Gasteiger partial charge in [-0.05, 0) is 58.4 Å². The summed E-state index contributed by atoms with van der Waals surface area (Å²) >= 11 is 1.38. The van der Waals surface area contributed by atoms with Gasteiger partial charge in [-0.2, -0.15) is 5.10 Å². The van der Waals surface area contributed by atoms with Crippen LogP contribution in [-0.4, -0.2) is 54.7 Å². The molecule has 3 aromatic rings. The minimum atomic E-state index is 0.156. The molecule has 29 heavy (non-hydrogen) atoms. The van der Waals surface area contributed by atoms with Gasteiger partial charge in [0.2, 0.25) is 0 Å². The first-order valence-corrected chi connectivity index (χ1v) is 10.8. The van der Waals surface area contributed by atoms with Crippen molar-refractivity contribution in [2.75, 3.05) is 7.05 Å². The summed E-state index contributed by atoms with van der Waals surface area (Å²) in [6.07, 6.45) is 6.55. The molecular weight excluding hydrogens is 386 g/mol. The number of nitrogens with zero attached hydrogens (tertiary/aromatic N) is 5. The molecule has 2 aliphatic heterocycles. The highest BCUT2D eigenvalue weighted by Crippen LogP contribution is 2.44. The summed E-state index contributed by atoms with van der Waals surface area (Å²) in [6.45, 7) is 4.26. The Morgan fingerprint density at radius 1 is 1.28 bits per heavy atom. The predicted molar refractivity (Wildman–Crippen MR) is 112 cm³/mol. The Bertz CT molecular complexity index is 1050. The van der Waals surface area contributed by atoms with Crippen LogP contribution in [0.25, 0.3) is 16.3 Å². The van der Waals surface area contributed by atoms with Crippen molar-refractivity contribution in [2.24, 2.45) is 0 Å². The highest BCUT2D eigenvalue weighted by Gasteiger charge is 2.47. The summed E-state index contributed by atoms with van der Waals surface area (Å²) in [5.74, 6) is 0.156. The van der Waals surface area contributed by atoms with Gasteiger partial charge in [0.25, 0.3) is 5.19 Å². The van der Waals surface area contributed by atoms with Crippen molar-refractivity contribution in [1.82, 2.24) is 24.9 Å². The van der Waals surface area contributed by atoms with E-state index in [0.717, 1.165) is 24.2 Å². The zero-order chi connectivity index (χ0) is 20.2. The molecule has 2 fully saturated rings. The molecule has 0 aliphatic carbocycles. The number of hydrogen-bond donors (Lipinski definition) is 1. The van der Waals surface area contributed by atoms with Gasteiger partial charge in [-0.25, -0.2) is 4.68 Å². The van der Waals surface area contributed by atoms with Gasteiger partial charge >= 0.3 is 0 Å². The van der Waals surface area contributed by atoms with E-state index in [2.05, 4.69) is 34.2 Å². The lowest BCUT2D eigenvalue weighted by Crippen LogP contribution is -2.51. The number of phenols is 1. The van der Waals surface area contributed by atoms with Gasteiger partial charge in [0.1, 0.15) is 11.9 Å². The number of ether oxygens (including phenoxy) is 1. The van der Waals surface area contributed by atoms with Crippen LogP contribution in [0.2, 0.25) is 0 Å². The van der Waals surface area contributed by atoms with E-state index in [1.54, 1.807) is 10.7 Å². The molecule has 1 aromatic carbocycles. The summed E-state index contributed by atoms with van der Waals surface area (Å²) in [4.78, 5) is 2.51. The van der Waals surface area contributed by atoms with Gasteiger partial charge < -0.3 is 9.84 Å². The van der Waals surface area contributed by atoms with Crippen molar-refractivity contribution in [3.05, 3.63) is 36.2 Å². The summed E-state index contributed by atoms with van der Waals surface area (Å²) in [7, 11) is 2.23. The average Bonchev–Trinajstić information content (AvgIpc) is 3.35. The van der Waals surface area contributed by atoms with Crippen LogP contribution < -0.4 is 4.74 Å². The van der Waals surface area contributed by atoms with E-state index < -0.39 is 0 Å². The molecule has 2 saturated heterocycles. The van der Waals surface area contributed by atoms with Gasteiger partial charge in [-0.1, -0.05) is 16.4 Å². The van der Waals surface area contributed by atoms with Gasteiger partial charge in [-0.3, -0.25) is 4.90 Å². The molecule has 3 unspecified atom stereocenters. The van der Waals surface area contributed by atoms with Crippen molar-refractivity contribution in [3.63, 3.8) is 0 Å². The molecule has 0 radical (unpaired) electrons. The van der Waals surface area contributed by atoms with E-state index in [1.165, 1.54) is 24.2 Å². The third kappa shape index (κ3) is 3.30. The van der Waals surface area contributed by atoms with Crippen LogP contribution in [0.15, 0.2) is 30.5 Å². The number of rotatable bonds is 4. The Morgan fingerprint density at radius 3 is 2.86 bits per heavy atom. The molecule has 2 bridgehead atoms. The van der Waals surface area contributed by atoms with Crippen LogP contribution >= 0.6 is 11.3 Å². The molecule has 0 spiro atoms. The van der Waals surface area contributed by atoms with Gasteiger partial charge in [0.15, 0.2) is 5.01 Å². The third-order valence-electron chi connectivity index (χ3n) is 6.49. The van der Waals surface area contributed by atoms with Crippen LogP contribution in [0.3, 0.4) is 0 Å². The maximum atomic E-state index is 10.5. The number of benzene rings is 1. The molecule has 5 rings (SSSR count). The fourth-order valence-corrected chi connectivity index (χ4v) is 5.48. The van der Waals surface area contributed by atoms with Gasteiger partial charge in [0, 0.05) is 30.3 Å². The number of hydrogen-bond acceptors (Lipinski definition) is 7. The molecule has 7 nitrogen and oxygen atoms in total. The Balaban J connectivity index is 1.33. The summed E-state index contributed by atoms with van der Waals surface area (Å²) in [5, 5.41) is 24.6.